The molecule has 1 aromatic rings. The molecule has 4 rings (SSSR count). The van der Waals surface area contributed by atoms with E-state index in [2.05, 4.69) is 19.1 Å². The second kappa shape index (κ2) is 7.23. The molecule has 1 saturated carbocycles. The summed E-state index contributed by atoms with van der Waals surface area (Å²) in [6, 6.07) is 1.80. The second-order valence-corrected chi connectivity index (χ2v) is 11.3. The first-order valence-electron chi connectivity index (χ1n) is 11.8. The van der Waals surface area contributed by atoms with Crippen molar-refractivity contribution in [3.63, 3.8) is 0 Å². The number of aliphatic hydroxyl groups is 2. The first-order chi connectivity index (χ1) is 15.6. The average Bonchev–Trinajstić information content (AvgIpc) is 2.70. The fourth-order valence-electron chi connectivity index (χ4n) is 7.10. The minimum absolute atomic E-state index is 0.101. The molecule has 0 aromatic heterocycles. The molecule has 0 unspecified atom stereocenters. The van der Waals surface area contributed by atoms with Crippen LogP contribution >= 0.6 is 0 Å². The SMILES string of the molecule is C#Cc1cc(C(C)C)c2c(c1O)C(O)=C1C(=O)[C@@]3(O)C(=C)C(C(=C)C)=C(C)C[C@@]3(C)C[C@@]1(C)C2. The number of carbonyl (C=O) groups excluding carboxylic acids is 1. The van der Waals surface area contributed by atoms with Crippen LogP contribution in [-0.4, -0.2) is 26.7 Å². The number of carbonyl (C=O) groups is 1. The summed E-state index contributed by atoms with van der Waals surface area (Å²) in [6.45, 7) is 20.0. The van der Waals surface area contributed by atoms with Crippen molar-refractivity contribution >= 4 is 11.5 Å². The molecule has 1 fully saturated rings. The summed E-state index contributed by atoms with van der Waals surface area (Å²) in [7, 11) is 0. The van der Waals surface area contributed by atoms with Crippen LogP contribution in [0.3, 0.4) is 0 Å². The number of Topliss-reactive ketones (excluding diaryl/α,β-unsaturated/α-hetero) is 1. The smallest absolute Gasteiger partial charge is 0.199 e. The van der Waals surface area contributed by atoms with Gasteiger partial charge in [-0.1, -0.05) is 57.9 Å². The Bertz CT molecular complexity index is 1300. The molecule has 3 aliphatic carbocycles. The molecule has 3 N–H and O–H groups in total. The molecule has 4 heteroatoms. The van der Waals surface area contributed by atoms with Crippen molar-refractivity contribution in [3.8, 4) is 18.1 Å². The van der Waals surface area contributed by atoms with Crippen LogP contribution in [-0.2, 0) is 11.2 Å². The van der Waals surface area contributed by atoms with Crippen molar-refractivity contribution in [3.05, 3.63) is 69.3 Å². The predicted molar refractivity (Wildman–Crippen MR) is 135 cm³/mol. The van der Waals surface area contributed by atoms with Crippen molar-refractivity contribution in [2.45, 2.75) is 72.3 Å². The number of hydrogen-bond acceptors (Lipinski definition) is 4. The van der Waals surface area contributed by atoms with Crippen LogP contribution in [0.1, 0.15) is 82.6 Å². The van der Waals surface area contributed by atoms with E-state index in [9.17, 15) is 20.1 Å². The van der Waals surface area contributed by atoms with Crippen LogP contribution in [0.4, 0.5) is 0 Å². The molecule has 34 heavy (non-hydrogen) atoms. The zero-order chi connectivity index (χ0) is 25.5. The van der Waals surface area contributed by atoms with Gasteiger partial charge in [0.05, 0.1) is 11.1 Å². The molecule has 3 aliphatic rings. The van der Waals surface area contributed by atoms with Crippen molar-refractivity contribution in [1.82, 2.24) is 0 Å². The maximum absolute atomic E-state index is 14.2. The van der Waals surface area contributed by atoms with E-state index in [0.29, 0.717) is 24.8 Å². The number of hydrogen-bond donors (Lipinski definition) is 3. The van der Waals surface area contributed by atoms with Gasteiger partial charge in [0.25, 0.3) is 0 Å². The molecular formula is C30H34O4. The Morgan fingerprint density at radius 1 is 1.24 bits per heavy atom. The van der Waals surface area contributed by atoms with Gasteiger partial charge < -0.3 is 15.3 Å². The number of benzene rings is 1. The van der Waals surface area contributed by atoms with Crippen LogP contribution in [0.15, 0.2) is 47.1 Å². The van der Waals surface area contributed by atoms with E-state index in [-0.39, 0.29) is 34.1 Å². The van der Waals surface area contributed by atoms with Crippen molar-refractivity contribution in [2.24, 2.45) is 10.8 Å². The number of aliphatic hydroxyl groups excluding tert-OH is 1. The van der Waals surface area contributed by atoms with E-state index in [1.54, 1.807) is 6.07 Å². The number of phenolic OH excluding ortho intramolecular Hbond substituents is 1. The third-order valence-electron chi connectivity index (χ3n) is 8.32. The molecule has 0 bridgehead atoms. The Morgan fingerprint density at radius 2 is 1.85 bits per heavy atom. The van der Waals surface area contributed by atoms with Gasteiger partial charge in [0.1, 0.15) is 11.5 Å². The Hall–Kier alpha value is -3.03. The molecule has 178 valence electrons. The lowest BCUT2D eigenvalue weighted by Gasteiger charge is -2.58. The fraction of sp³-hybridized carbons (Fsp3) is 0.433. The molecule has 4 nitrogen and oxygen atoms in total. The van der Waals surface area contributed by atoms with Gasteiger partial charge in [0, 0.05) is 16.4 Å². The lowest BCUT2D eigenvalue weighted by Crippen LogP contribution is -2.64. The van der Waals surface area contributed by atoms with Crippen LogP contribution in [0.5, 0.6) is 5.75 Å². The second-order valence-electron chi connectivity index (χ2n) is 11.3. The molecule has 1 aromatic carbocycles. The number of aromatic hydroxyl groups is 1. The summed E-state index contributed by atoms with van der Waals surface area (Å²) in [6.07, 6.45) is 7.08. The molecular weight excluding hydrogens is 424 g/mol. The third kappa shape index (κ3) is 2.80. The largest absolute Gasteiger partial charge is 0.507 e. The minimum Gasteiger partial charge on any atom is -0.507 e. The molecule has 0 aliphatic heterocycles. The zero-order valence-corrected chi connectivity index (χ0v) is 21.0. The van der Waals surface area contributed by atoms with Crippen molar-refractivity contribution < 1.29 is 20.1 Å². The van der Waals surface area contributed by atoms with Crippen LogP contribution in [0.25, 0.3) is 5.76 Å². The Balaban J connectivity index is 2.05. The van der Waals surface area contributed by atoms with E-state index in [1.165, 1.54) is 0 Å². The number of rotatable bonds is 2. The van der Waals surface area contributed by atoms with E-state index >= 15 is 0 Å². The molecule has 0 heterocycles. The summed E-state index contributed by atoms with van der Waals surface area (Å²) >= 11 is 0. The van der Waals surface area contributed by atoms with Gasteiger partial charge >= 0.3 is 0 Å². The summed E-state index contributed by atoms with van der Waals surface area (Å²) in [4.78, 5) is 14.2. The third-order valence-corrected chi connectivity index (χ3v) is 8.32. The summed E-state index contributed by atoms with van der Waals surface area (Å²) < 4.78 is 0. The van der Waals surface area contributed by atoms with E-state index in [1.807, 2.05) is 41.5 Å². The van der Waals surface area contributed by atoms with Crippen LogP contribution < -0.4 is 0 Å². The number of terminal acetylenes is 1. The monoisotopic (exact) mass is 458 g/mol. The molecule has 0 radical (unpaired) electrons. The summed E-state index contributed by atoms with van der Waals surface area (Å²) in [5.41, 5.74) is 1.79. The number of allylic oxidation sites excluding steroid dienone is 2. The van der Waals surface area contributed by atoms with Gasteiger partial charge in [-0.15, -0.1) is 6.42 Å². The molecule has 0 spiro atoms. The highest BCUT2D eigenvalue weighted by atomic mass is 16.3. The molecule has 3 atom stereocenters. The van der Waals surface area contributed by atoms with Crippen molar-refractivity contribution in [2.75, 3.05) is 0 Å². The van der Waals surface area contributed by atoms with E-state index in [4.69, 9.17) is 6.42 Å². The lowest BCUT2D eigenvalue weighted by molar-refractivity contribution is -0.153. The molecule has 0 amide bonds. The molecule has 0 saturated heterocycles. The zero-order valence-electron chi connectivity index (χ0n) is 21.0. The maximum Gasteiger partial charge on any atom is 0.199 e. The van der Waals surface area contributed by atoms with Gasteiger partial charge in [-0.25, -0.2) is 0 Å². The summed E-state index contributed by atoms with van der Waals surface area (Å²) in [5, 5.41) is 34.6. The van der Waals surface area contributed by atoms with Gasteiger partial charge in [0.15, 0.2) is 11.4 Å². The highest BCUT2D eigenvalue weighted by molar-refractivity contribution is 6.12. The van der Waals surface area contributed by atoms with Gasteiger partial charge in [-0.3, -0.25) is 4.79 Å². The van der Waals surface area contributed by atoms with E-state index < -0.39 is 22.2 Å². The first kappa shape index (κ1) is 24.1. The quantitative estimate of drug-likeness (QED) is 0.483. The first-order valence-corrected chi connectivity index (χ1v) is 11.8. The Kier molecular flexibility index (Phi) is 5.13. The Labute approximate surface area is 202 Å². The van der Waals surface area contributed by atoms with Gasteiger partial charge in [0.2, 0.25) is 0 Å². The maximum atomic E-state index is 14.2. The minimum atomic E-state index is -1.89. The van der Waals surface area contributed by atoms with Crippen LogP contribution in [0, 0.1) is 23.2 Å². The highest BCUT2D eigenvalue weighted by Gasteiger charge is 2.66. The average molecular weight is 459 g/mol. The fourth-order valence-corrected chi connectivity index (χ4v) is 7.10. The highest BCUT2D eigenvalue weighted by Crippen LogP contribution is 2.64. The van der Waals surface area contributed by atoms with Crippen LogP contribution in [0.2, 0.25) is 0 Å². The van der Waals surface area contributed by atoms with E-state index in [0.717, 1.165) is 27.8 Å². The topological polar surface area (TPSA) is 77.8 Å². The van der Waals surface area contributed by atoms with Crippen molar-refractivity contribution in [1.29, 1.82) is 0 Å². The number of phenols is 1. The standard InChI is InChI=1S/C30H34O4/c1-10-19-11-20(15(2)3)21-13-28(8)14-29(9)12-17(6)22(16(4)5)18(7)30(29,34)27(33)24(28)26(32)23(21)25(19)31/h1,11,15,31-32,34H,4,7,12-14H2,2-3,5-6,8-9H3/t28-,29+,30+/m1/s1. The Morgan fingerprint density at radius 3 is 2.38 bits per heavy atom. The van der Waals surface area contributed by atoms with Gasteiger partial charge in [-0.05, 0) is 67.4 Å². The predicted octanol–water partition coefficient (Wildman–Crippen LogP) is 5.89. The van der Waals surface area contributed by atoms with Gasteiger partial charge in [-0.2, -0.15) is 0 Å². The lowest BCUT2D eigenvalue weighted by atomic mass is 9.45. The number of ketones is 1. The normalized spacial score (nSPS) is 30.7. The number of fused-ring (bicyclic) bond motifs is 3. The summed E-state index contributed by atoms with van der Waals surface area (Å²) in [5.74, 6) is 1.54.